The van der Waals surface area contributed by atoms with Gasteiger partial charge in [-0.3, -0.25) is 10.1 Å². The van der Waals surface area contributed by atoms with E-state index < -0.39 is 22.4 Å². The fourth-order valence-corrected chi connectivity index (χ4v) is 1.71. The van der Waals surface area contributed by atoms with Crippen molar-refractivity contribution in [2.45, 2.75) is 6.92 Å². The first kappa shape index (κ1) is 11.9. The molecule has 0 aliphatic rings. The molecule has 2 rings (SSSR count). The number of nitro benzene ring substituents is 1. The molecule has 0 amide bonds. The number of nitro groups is 1. The molecule has 0 atom stereocenters. The number of fused-ring (bicyclic) bond motifs is 1. The van der Waals surface area contributed by atoms with Gasteiger partial charge in [0, 0.05) is 0 Å². The zero-order valence-corrected chi connectivity index (χ0v) is 9.18. The lowest BCUT2D eigenvalue weighted by Gasteiger charge is -2.04. The van der Waals surface area contributed by atoms with Gasteiger partial charge in [0.2, 0.25) is 5.82 Å². The molecule has 0 bridgehead atoms. The molecule has 0 spiro atoms. The van der Waals surface area contributed by atoms with Gasteiger partial charge >= 0.3 is 11.7 Å². The standard InChI is InChI=1S/C11H7FN2O4/c1-5-4-7(12)10(14(17)18)6-2-3-8(11(15)16)13-9(5)6/h2-4H,1H3,(H,15,16). The predicted molar refractivity (Wildman–Crippen MR) is 60.1 cm³/mol. The third-order valence-corrected chi connectivity index (χ3v) is 2.50. The summed E-state index contributed by atoms with van der Waals surface area (Å²) in [5.74, 6) is -2.21. The Hall–Kier alpha value is -2.57. The molecule has 92 valence electrons. The van der Waals surface area contributed by atoms with E-state index in [2.05, 4.69) is 4.98 Å². The Morgan fingerprint density at radius 1 is 1.50 bits per heavy atom. The number of carboxylic acids is 1. The maximum Gasteiger partial charge on any atom is 0.354 e. The second-order valence-corrected chi connectivity index (χ2v) is 3.68. The third kappa shape index (κ3) is 1.75. The Morgan fingerprint density at radius 2 is 2.17 bits per heavy atom. The van der Waals surface area contributed by atoms with Crippen molar-refractivity contribution < 1.29 is 19.2 Å². The Morgan fingerprint density at radius 3 is 2.72 bits per heavy atom. The lowest BCUT2D eigenvalue weighted by molar-refractivity contribution is -0.385. The zero-order valence-electron chi connectivity index (χ0n) is 9.18. The SMILES string of the molecule is Cc1cc(F)c([N+](=O)[O-])c2ccc(C(=O)O)nc12. The summed E-state index contributed by atoms with van der Waals surface area (Å²) in [6, 6.07) is 3.27. The molecule has 0 unspecified atom stereocenters. The highest BCUT2D eigenvalue weighted by Gasteiger charge is 2.22. The van der Waals surface area contributed by atoms with E-state index in [-0.39, 0.29) is 16.6 Å². The van der Waals surface area contributed by atoms with Gasteiger partial charge in [-0.2, -0.15) is 4.39 Å². The lowest BCUT2D eigenvalue weighted by atomic mass is 10.1. The van der Waals surface area contributed by atoms with Crippen molar-refractivity contribution in [1.82, 2.24) is 4.98 Å². The topological polar surface area (TPSA) is 93.3 Å². The highest BCUT2D eigenvalue weighted by Crippen LogP contribution is 2.30. The van der Waals surface area contributed by atoms with Crippen LogP contribution < -0.4 is 0 Å². The van der Waals surface area contributed by atoms with Crippen molar-refractivity contribution in [3.8, 4) is 0 Å². The van der Waals surface area contributed by atoms with Gasteiger partial charge in [0.05, 0.1) is 15.8 Å². The average Bonchev–Trinajstić information content (AvgIpc) is 2.27. The van der Waals surface area contributed by atoms with Gasteiger partial charge in [0.15, 0.2) is 0 Å². The van der Waals surface area contributed by atoms with E-state index in [1.807, 2.05) is 0 Å². The highest BCUT2D eigenvalue weighted by atomic mass is 19.1. The summed E-state index contributed by atoms with van der Waals surface area (Å²) >= 11 is 0. The van der Waals surface area contributed by atoms with Crippen LogP contribution in [0.25, 0.3) is 10.9 Å². The van der Waals surface area contributed by atoms with Crippen LogP contribution in [0.15, 0.2) is 18.2 Å². The Kier molecular flexibility index (Phi) is 2.66. The number of aryl methyl sites for hydroxylation is 1. The molecule has 7 heteroatoms. The Balaban J connectivity index is 2.89. The van der Waals surface area contributed by atoms with Crippen LogP contribution in [0, 0.1) is 22.9 Å². The van der Waals surface area contributed by atoms with Crippen molar-refractivity contribution in [3.05, 3.63) is 45.4 Å². The first-order chi connectivity index (χ1) is 8.41. The van der Waals surface area contributed by atoms with Gasteiger partial charge in [0.1, 0.15) is 5.69 Å². The predicted octanol–water partition coefficient (Wildman–Crippen LogP) is 2.29. The van der Waals surface area contributed by atoms with E-state index in [1.54, 1.807) is 0 Å². The van der Waals surface area contributed by atoms with Crippen molar-refractivity contribution in [3.63, 3.8) is 0 Å². The van der Waals surface area contributed by atoms with E-state index in [4.69, 9.17) is 5.11 Å². The molecule has 0 fully saturated rings. The summed E-state index contributed by atoms with van der Waals surface area (Å²) in [7, 11) is 0. The minimum Gasteiger partial charge on any atom is -0.477 e. The van der Waals surface area contributed by atoms with Crippen molar-refractivity contribution in [1.29, 1.82) is 0 Å². The van der Waals surface area contributed by atoms with Crippen LogP contribution in [0.3, 0.4) is 0 Å². The smallest absolute Gasteiger partial charge is 0.354 e. The van der Waals surface area contributed by atoms with E-state index in [1.165, 1.54) is 13.0 Å². The number of pyridine rings is 1. The van der Waals surface area contributed by atoms with Crippen LogP contribution in [0.1, 0.15) is 16.1 Å². The summed E-state index contributed by atoms with van der Waals surface area (Å²) in [5.41, 5.74) is -0.481. The molecule has 6 nitrogen and oxygen atoms in total. The number of aromatic nitrogens is 1. The molecule has 0 saturated heterocycles. The molecule has 2 aromatic rings. The monoisotopic (exact) mass is 250 g/mol. The maximum absolute atomic E-state index is 13.5. The molecule has 1 N–H and O–H groups in total. The number of nitrogens with zero attached hydrogens (tertiary/aromatic N) is 2. The van der Waals surface area contributed by atoms with Crippen LogP contribution in [0.5, 0.6) is 0 Å². The van der Waals surface area contributed by atoms with E-state index in [0.717, 1.165) is 12.1 Å². The van der Waals surface area contributed by atoms with Crippen LogP contribution in [0.2, 0.25) is 0 Å². The Labute approximate surface area is 99.8 Å². The van der Waals surface area contributed by atoms with Gasteiger partial charge in [-0.1, -0.05) is 0 Å². The minimum absolute atomic E-state index is 0.0116. The average molecular weight is 250 g/mol. The van der Waals surface area contributed by atoms with Crippen LogP contribution >= 0.6 is 0 Å². The fourth-order valence-electron chi connectivity index (χ4n) is 1.71. The molecular formula is C11H7FN2O4. The molecule has 0 saturated carbocycles. The Bertz CT molecular complexity index is 684. The molecule has 0 aliphatic carbocycles. The van der Waals surface area contributed by atoms with Crippen molar-refractivity contribution in [2.24, 2.45) is 0 Å². The number of carbonyl (C=O) groups is 1. The quantitative estimate of drug-likeness (QED) is 0.651. The number of hydrogen-bond acceptors (Lipinski definition) is 4. The number of hydrogen-bond donors (Lipinski definition) is 1. The number of rotatable bonds is 2. The number of carboxylic acid groups (broad SMARTS) is 1. The second-order valence-electron chi connectivity index (χ2n) is 3.68. The molecule has 18 heavy (non-hydrogen) atoms. The van der Waals surface area contributed by atoms with Gasteiger partial charge in [0.25, 0.3) is 0 Å². The van der Waals surface area contributed by atoms with Gasteiger partial charge in [-0.15, -0.1) is 0 Å². The van der Waals surface area contributed by atoms with Gasteiger partial charge in [-0.25, -0.2) is 9.78 Å². The normalized spacial score (nSPS) is 10.6. The van der Waals surface area contributed by atoms with E-state index >= 15 is 0 Å². The molecule has 1 aromatic heterocycles. The van der Waals surface area contributed by atoms with E-state index in [9.17, 15) is 19.3 Å². The van der Waals surface area contributed by atoms with Crippen molar-refractivity contribution >= 4 is 22.6 Å². The summed E-state index contributed by atoms with van der Waals surface area (Å²) in [4.78, 5) is 24.5. The summed E-state index contributed by atoms with van der Waals surface area (Å²) < 4.78 is 13.5. The molecular weight excluding hydrogens is 243 g/mol. The molecule has 0 radical (unpaired) electrons. The maximum atomic E-state index is 13.5. The molecule has 1 aromatic carbocycles. The van der Waals surface area contributed by atoms with E-state index in [0.29, 0.717) is 5.56 Å². The van der Waals surface area contributed by atoms with Gasteiger partial charge in [-0.05, 0) is 30.7 Å². The first-order valence-electron chi connectivity index (χ1n) is 4.89. The molecule has 1 heterocycles. The minimum atomic E-state index is -1.25. The highest BCUT2D eigenvalue weighted by molar-refractivity contribution is 5.94. The van der Waals surface area contributed by atoms with Crippen LogP contribution in [-0.4, -0.2) is 21.0 Å². The van der Waals surface area contributed by atoms with Crippen LogP contribution in [-0.2, 0) is 0 Å². The van der Waals surface area contributed by atoms with Crippen molar-refractivity contribution in [2.75, 3.05) is 0 Å². The number of aromatic carboxylic acids is 1. The first-order valence-corrected chi connectivity index (χ1v) is 4.89. The van der Waals surface area contributed by atoms with Crippen LogP contribution in [0.4, 0.5) is 10.1 Å². The fraction of sp³-hybridized carbons (Fsp3) is 0.0909. The number of benzene rings is 1. The lowest BCUT2D eigenvalue weighted by Crippen LogP contribution is -2.02. The largest absolute Gasteiger partial charge is 0.477 e. The number of halogens is 1. The summed E-state index contributed by atoms with van der Waals surface area (Å²) in [5, 5.41) is 19.6. The zero-order chi connectivity index (χ0) is 13.4. The second kappa shape index (κ2) is 4.02. The van der Waals surface area contributed by atoms with Gasteiger partial charge < -0.3 is 5.11 Å². The summed E-state index contributed by atoms with van der Waals surface area (Å²) in [6.07, 6.45) is 0. The summed E-state index contributed by atoms with van der Waals surface area (Å²) in [6.45, 7) is 1.51. The third-order valence-electron chi connectivity index (χ3n) is 2.50. The molecule has 0 aliphatic heterocycles.